The van der Waals surface area contributed by atoms with E-state index in [1.165, 1.54) is 5.56 Å². The third kappa shape index (κ3) is 5.28. The van der Waals surface area contributed by atoms with Crippen molar-refractivity contribution in [1.29, 1.82) is 0 Å². The van der Waals surface area contributed by atoms with Crippen LogP contribution in [0.15, 0.2) is 29.5 Å². The summed E-state index contributed by atoms with van der Waals surface area (Å²) in [6.07, 6.45) is 5.03. The van der Waals surface area contributed by atoms with Crippen molar-refractivity contribution in [3.8, 4) is 0 Å². The second-order valence-corrected chi connectivity index (χ2v) is 8.97. The molecule has 3 heterocycles. The van der Waals surface area contributed by atoms with Crippen LogP contribution in [0.3, 0.4) is 0 Å². The average Bonchev–Trinajstić information content (AvgIpc) is 2.97. The van der Waals surface area contributed by atoms with E-state index in [0.717, 1.165) is 55.7 Å². The van der Waals surface area contributed by atoms with Crippen molar-refractivity contribution in [2.75, 3.05) is 31.9 Å². The zero-order valence-electron chi connectivity index (χ0n) is 16.2. The van der Waals surface area contributed by atoms with Gasteiger partial charge in [-0.15, -0.1) is 24.0 Å². The molecule has 1 aliphatic rings. The van der Waals surface area contributed by atoms with Crippen LogP contribution >= 0.6 is 35.7 Å². The quantitative estimate of drug-likeness (QED) is 0.407. The fourth-order valence-electron chi connectivity index (χ4n) is 3.22. The van der Waals surface area contributed by atoms with Gasteiger partial charge in [0.25, 0.3) is 0 Å². The molecular weight excluding hydrogens is 457 g/mol. The molecular formula is C19H30IN5S. The molecule has 7 heteroatoms. The van der Waals surface area contributed by atoms with Gasteiger partial charge in [0.2, 0.25) is 0 Å². The number of hydrogen-bond donors (Lipinski definition) is 1. The Morgan fingerprint density at radius 3 is 2.92 bits per heavy atom. The van der Waals surface area contributed by atoms with E-state index in [0.29, 0.717) is 0 Å². The monoisotopic (exact) mass is 487 g/mol. The van der Waals surface area contributed by atoms with Gasteiger partial charge in [0.15, 0.2) is 5.96 Å². The molecule has 0 spiro atoms. The van der Waals surface area contributed by atoms with Crippen LogP contribution in [0.25, 0.3) is 5.65 Å². The Morgan fingerprint density at radius 1 is 1.42 bits per heavy atom. The van der Waals surface area contributed by atoms with Crippen LogP contribution in [0, 0.1) is 6.92 Å². The first-order chi connectivity index (χ1) is 12.0. The number of rotatable bonds is 4. The van der Waals surface area contributed by atoms with Crippen LogP contribution in [0.4, 0.5) is 0 Å². The molecule has 2 aromatic rings. The van der Waals surface area contributed by atoms with Gasteiger partial charge in [0, 0.05) is 55.5 Å². The number of nitrogens with zero attached hydrogens (tertiary/aromatic N) is 4. The average molecular weight is 487 g/mol. The molecule has 0 atom stereocenters. The number of thioether (sulfide) groups is 1. The van der Waals surface area contributed by atoms with Crippen LogP contribution in [-0.2, 0) is 6.42 Å². The SMILES string of the molecule is CCNC(=NCCc1cn2cccc(C)c2n1)N1CCSC(C)(C)C1.I. The van der Waals surface area contributed by atoms with Crippen LogP contribution < -0.4 is 5.32 Å². The molecule has 1 fully saturated rings. The predicted octanol–water partition coefficient (Wildman–Crippen LogP) is 3.60. The summed E-state index contributed by atoms with van der Waals surface area (Å²) in [6, 6.07) is 4.16. The minimum atomic E-state index is 0. The van der Waals surface area contributed by atoms with E-state index in [1.807, 2.05) is 11.8 Å². The lowest BCUT2D eigenvalue weighted by atomic mass is 10.2. The summed E-state index contributed by atoms with van der Waals surface area (Å²) >= 11 is 2.05. The molecule has 3 rings (SSSR count). The van der Waals surface area contributed by atoms with Crippen LogP contribution in [0.5, 0.6) is 0 Å². The Morgan fingerprint density at radius 2 is 2.23 bits per heavy atom. The van der Waals surface area contributed by atoms with Gasteiger partial charge in [0.05, 0.1) is 5.69 Å². The zero-order valence-corrected chi connectivity index (χ0v) is 19.3. The number of pyridine rings is 1. The first kappa shape index (κ1) is 21.3. The number of hydrogen-bond acceptors (Lipinski definition) is 3. The summed E-state index contributed by atoms with van der Waals surface area (Å²) in [5.41, 5.74) is 3.35. The van der Waals surface area contributed by atoms with Crippen LogP contribution in [0.1, 0.15) is 32.0 Å². The molecule has 5 nitrogen and oxygen atoms in total. The summed E-state index contributed by atoms with van der Waals surface area (Å²) in [4.78, 5) is 12.0. The number of imidazole rings is 1. The highest BCUT2D eigenvalue weighted by Gasteiger charge is 2.28. The van der Waals surface area contributed by atoms with Gasteiger partial charge >= 0.3 is 0 Å². The van der Waals surface area contributed by atoms with Crippen molar-refractivity contribution >= 4 is 47.3 Å². The first-order valence-corrected chi connectivity index (χ1v) is 10.1. The minimum absolute atomic E-state index is 0. The van der Waals surface area contributed by atoms with Gasteiger partial charge in [0.1, 0.15) is 5.65 Å². The molecule has 1 saturated heterocycles. The third-order valence-electron chi connectivity index (χ3n) is 4.42. The highest BCUT2D eigenvalue weighted by molar-refractivity contribution is 14.0. The van der Waals surface area contributed by atoms with Crippen molar-refractivity contribution in [3.63, 3.8) is 0 Å². The van der Waals surface area contributed by atoms with E-state index in [9.17, 15) is 0 Å². The number of nitrogens with one attached hydrogen (secondary N) is 1. The Kier molecular flexibility index (Phi) is 7.63. The number of aryl methyl sites for hydroxylation is 1. The van der Waals surface area contributed by atoms with Crippen molar-refractivity contribution in [2.24, 2.45) is 4.99 Å². The van der Waals surface area contributed by atoms with Crippen molar-refractivity contribution < 1.29 is 0 Å². The van der Waals surface area contributed by atoms with Crippen LogP contribution in [-0.4, -0.2) is 56.9 Å². The summed E-state index contributed by atoms with van der Waals surface area (Å²) in [5, 5.41) is 3.45. The fourth-order valence-corrected chi connectivity index (χ4v) is 4.34. The number of aliphatic imine (C=N–C) groups is 1. The Bertz CT molecular complexity index is 755. The molecule has 144 valence electrons. The zero-order chi connectivity index (χ0) is 17.9. The fraction of sp³-hybridized carbons (Fsp3) is 0.579. The molecule has 0 aliphatic carbocycles. The number of halogens is 1. The van der Waals surface area contributed by atoms with E-state index < -0.39 is 0 Å². The number of guanidine groups is 1. The Labute approximate surface area is 178 Å². The lowest BCUT2D eigenvalue weighted by molar-refractivity contribution is 0.376. The maximum Gasteiger partial charge on any atom is 0.193 e. The number of aromatic nitrogens is 2. The van der Waals surface area contributed by atoms with Crippen molar-refractivity contribution in [3.05, 3.63) is 35.8 Å². The van der Waals surface area contributed by atoms with Gasteiger partial charge in [-0.1, -0.05) is 6.07 Å². The molecule has 0 saturated carbocycles. The van der Waals surface area contributed by atoms with Gasteiger partial charge in [-0.3, -0.25) is 4.99 Å². The maximum absolute atomic E-state index is 4.86. The van der Waals surface area contributed by atoms with Crippen molar-refractivity contribution in [2.45, 2.75) is 38.9 Å². The van der Waals surface area contributed by atoms with Crippen LogP contribution in [0.2, 0.25) is 0 Å². The molecule has 1 N–H and O–H groups in total. The summed E-state index contributed by atoms with van der Waals surface area (Å²) < 4.78 is 2.39. The lowest BCUT2D eigenvalue weighted by Gasteiger charge is -2.39. The highest BCUT2D eigenvalue weighted by Crippen LogP contribution is 2.29. The largest absolute Gasteiger partial charge is 0.357 e. The maximum atomic E-state index is 4.86. The third-order valence-corrected chi connectivity index (χ3v) is 5.71. The Hall–Kier alpha value is -0.960. The topological polar surface area (TPSA) is 44.9 Å². The smallest absolute Gasteiger partial charge is 0.193 e. The van der Waals surface area contributed by atoms with Gasteiger partial charge in [-0.25, -0.2) is 4.98 Å². The number of fused-ring (bicyclic) bond motifs is 1. The second-order valence-electron chi connectivity index (χ2n) is 7.17. The molecule has 0 radical (unpaired) electrons. The summed E-state index contributed by atoms with van der Waals surface area (Å²) in [6.45, 7) is 12.6. The van der Waals surface area contributed by atoms with Gasteiger partial charge in [-0.05, 0) is 39.3 Å². The predicted molar refractivity (Wildman–Crippen MR) is 123 cm³/mol. The minimum Gasteiger partial charge on any atom is -0.357 e. The summed E-state index contributed by atoms with van der Waals surface area (Å²) in [7, 11) is 0. The first-order valence-electron chi connectivity index (χ1n) is 9.09. The highest BCUT2D eigenvalue weighted by atomic mass is 127. The van der Waals surface area contributed by atoms with E-state index in [4.69, 9.17) is 9.98 Å². The molecule has 1 aliphatic heterocycles. The lowest BCUT2D eigenvalue weighted by Crippen LogP contribution is -2.51. The van der Waals surface area contributed by atoms with E-state index >= 15 is 0 Å². The second kappa shape index (κ2) is 9.30. The molecule has 26 heavy (non-hydrogen) atoms. The van der Waals surface area contributed by atoms with Gasteiger partial charge in [-0.2, -0.15) is 11.8 Å². The van der Waals surface area contributed by atoms with Crippen molar-refractivity contribution in [1.82, 2.24) is 19.6 Å². The van der Waals surface area contributed by atoms with E-state index in [-0.39, 0.29) is 28.7 Å². The van der Waals surface area contributed by atoms with E-state index in [2.05, 4.69) is 66.8 Å². The normalized spacial score (nSPS) is 17.2. The van der Waals surface area contributed by atoms with Gasteiger partial charge < -0.3 is 14.6 Å². The molecule has 0 unspecified atom stereocenters. The Balaban J connectivity index is 0.00000243. The van der Waals surface area contributed by atoms with E-state index in [1.54, 1.807) is 0 Å². The molecule has 0 aromatic carbocycles. The molecule has 2 aromatic heterocycles. The molecule has 0 bridgehead atoms. The molecule has 0 amide bonds. The standard InChI is InChI=1S/C19H29N5S.HI/c1-5-20-18(24-11-12-25-19(3,4)14-24)21-9-8-16-13-23-10-6-7-15(2)17(23)22-16;/h6-7,10,13H,5,8-9,11-12,14H2,1-4H3,(H,20,21);1H. The summed E-state index contributed by atoms with van der Waals surface area (Å²) in [5.74, 6) is 2.19.